The van der Waals surface area contributed by atoms with Crippen molar-refractivity contribution in [3.8, 4) is 0 Å². The second-order valence-electron chi connectivity index (χ2n) is 5.71. The Balaban J connectivity index is 1.74. The van der Waals surface area contributed by atoms with Gasteiger partial charge in [-0.15, -0.1) is 0 Å². The van der Waals surface area contributed by atoms with Gasteiger partial charge in [0.25, 0.3) is 0 Å². The molecule has 0 radical (unpaired) electrons. The number of aliphatic hydroxyl groups is 1. The van der Waals surface area contributed by atoms with E-state index in [2.05, 4.69) is 15.5 Å². The number of piperidine rings is 1. The molecular weight excluding hydrogens is 285 g/mol. The fourth-order valence-electron chi connectivity index (χ4n) is 2.72. The second kappa shape index (κ2) is 8.10. The van der Waals surface area contributed by atoms with E-state index in [0.717, 1.165) is 25.8 Å². The molecule has 1 aliphatic rings. The zero-order chi connectivity index (χ0) is 15.9. The third-order valence-corrected chi connectivity index (χ3v) is 4.07. The molecule has 1 saturated heterocycles. The van der Waals surface area contributed by atoms with E-state index in [1.54, 1.807) is 19.1 Å². The van der Waals surface area contributed by atoms with Crippen LogP contribution in [-0.2, 0) is 0 Å². The molecule has 3 N–H and O–H groups in total. The molecule has 1 unspecified atom stereocenters. The van der Waals surface area contributed by atoms with E-state index in [-0.39, 0.29) is 24.5 Å². The molecule has 1 aliphatic heterocycles. The number of aliphatic hydroxyl groups excluding tert-OH is 1. The van der Waals surface area contributed by atoms with E-state index >= 15 is 0 Å². The van der Waals surface area contributed by atoms with Gasteiger partial charge in [-0.3, -0.25) is 4.90 Å². The molecule has 2 amide bonds. The lowest BCUT2D eigenvalue weighted by atomic mass is 10.0. The summed E-state index contributed by atoms with van der Waals surface area (Å²) in [5.41, 5.74) is 0.984. The number of urea groups is 1. The summed E-state index contributed by atoms with van der Waals surface area (Å²) >= 11 is 0. The van der Waals surface area contributed by atoms with Crippen LogP contribution in [0.25, 0.3) is 0 Å². The topological polar surface area (TPSA) is 64.6 Å². The molecule has 0 aliphatic carbocycles. The molecule has 1 fully saturated rings. The summed E-state index contributed by atoms with van der Waals surface area (Å²) in [7, 11) is 0. The normalized spacial score (nSPS) is 19.0. The first-order chi connectivity index (χ1) is 10.6. The van der Waals surface area contributed by atoms with E-state index < -0.39 is 0 Å². The second-order valence-corrected chi connectivity index (χ2v) is 5.71. The molecule has 22 heavy (non-hydrogen) atoms. The summed E-state index contributed by atoms with van der Waals surface area (Å²) in [6.07, 6.45) is 3.28. The first-order valence-corrected chi connectivity index (χ1v) is 7.76. The highest BCUT2D eigenvalue weighted by Gasteiger charge is 2.20. The lowest BCUT2D eigenvalue weighted by molar-refractivity contribution is 0.0917. The Bertz CT molecular complexity index is 510. The minimum atomic E-state index is -0.346. The zero-order valence-corrected chi connectivity index (χ0v) is 12.9. The number of nitrogens with zero attached hydrogens (tertiary/aromatic N) is 1. The number of halogens is 1. The van der Waals surface area contributed by atoms with Gasteiger partial charge < -0.3 is 15.7 Å². The van der Waals surface area contributed by atoms with E-state index in [4.69, 9.17) is 0 Å². The van der Waals surface area contributed by atoms with Gasteiger partial charge in [0.2, 0.25) is 0 Å². The van der Waals surface area contributed by atoms with Crippen molar-refractivity contribution in [1.82, 2.24) is 10.2 Å². The minimum absolute atomic E-state index is 0.162. The van der Waals surface area contributed by atoms with Gasteiger partial charge in [0.1, 0.15) is 5.82 Å². The van der Waals surface area contributed by atoms with Crippen molar-refractivity contribution in [3.63, 3.8) is 0 Å². The minimum Gasteiger partial charge on any atom is -0.395 e. The predicted octanol–water partition coefficient (Wildman–Crippen LogP) is 2.10. The summed E-state index contributed by atoms with van der Waals surface area (Å²) in [6, 6.07) is 4.46. The summed E-state index contributed by atoms with van der Waals surface area (Å²) in [5.74, 6) is -0.336. The quantitative estimate of drug-likeness (QED) is 0.780. The number of anilines is 1. The highest BCUT2D eigenvalue weighted by atomic mass is 19.1. The van der Waals surface area contributed by atoms with Gasteiger partial charge in [-0.25, -0.2) is 9.18 Å². The Morgan fingerprint density at radius 2 is 2.27 bits per heavy atom. The van der Waals surface area contributed by atoms with E-state index in [1.165, 1.54) is 6.07 Å². The maximum Gasteiger partial charge on any atom is 0.319 e. The van der Waals surface area contributed by atoms with E-state index in [0.29, 0.717) is 24.3 Å². The number of likely N-dealkylation sites (tertiary alicyclic amines) is 1. The highest BCUT2D eigenvalue weighted by molar-refractivity contribution is 5.89. The largest absolute Gasteiger partial charge is 0.395 e. The first-order valence-electron chi connectivity index (χ1n) is 7.76. The molecule has 2 rings (SSSR count). The fraction of sp³-hybridized carbons (Fsp3) is 0.562. The average Bonchev–Trinajstić information content (AvgIpc) is 2.51. The Morgan fingerprint density at radius 3 is 3.00 bits per heavy atom. The van der Waals surface area contributed by atoms with Crippen molar-refractivity contribution in [1.29, 1.82) is 0 Å². The van der Waals surface area contributed by atoms with Crippen molar-refractivity contribution in [2.24, 2.45) is 0 Å². The zero-order valence-electron chi connectivity index (χ0n) is 12.9. The van der Waals surface area contributed by atoms with Crippen LogP contribution in [0.5, 0.6) is 0 Å². The number of hydrogen-bond donors (Lipinski definition) is 3. The molecule has 0 spiro atoms. The van der Waals surface area contributed by atoms with Gasteiger partial charge in [0, 0.05) is 24.8 Å². The predicted molar refractivity (Wildman–Crippen MR) is 84.5 cm³/mol. The van der Waals surface area contributed by atoms with Crippen LogP contribution in [-0.4, -0.2) is 48.3 Å². The molecule has 0 aromatic heterocycles. The van der Waals surface area contributed by atoms with Crippen LogP contribution in [0.15, 0.2) is 18.2 Å². The van der Waals surface area contributed by atoms with Crippen molar-refractivity contribution in [2.75, 3.05) is 31.6 Å². The Morgan fingerprint density at radius 1 is 1.45 bits per heavy atom. The number of hydrogen-bond acceptors (Lipinski definition) is 3. The number of nitrogens with one attached hydrogen (secondary N) is 2. The number of carbonyl (C=O) groups excluding carboxylic acids is 1. The Hall–Kier alpha value is -1.66. The molecule has 0 saturated carbocycles. The van der Waals surface area contributed by atoms with E-state index in [1.807, 2.05) is 0 Å². The fourth-order valence-corrected chi connectivity index (χ4v) is 2.72. The van der Waals surface area contributed by atoms with Gasteiger partial charge in [0.15, 0.2) is 0 Å². The molecular formula is C16H24FN3O2. The number of amides is 2. The van der Waals surface area contributed by atoms with Crippen molar-refractivity contribution >= 4 is 11.7 Å². The Kier molecular flexibility index (Phi) is 6.15. The SMILES string of the molecule is Cc1ccc(NC(=O)NCCN2CCCCC2CO)cc1F. The molecule has 1 aromatic carbocycles. The van der Waals surface area contributed by atoms with Gasteiger partial charge in [-0.2, -0.15) is 0 Å². The molecule has 1 heterocycles. The standard InChI is InChI=1S/C16H24FN3O2/c1-12-5-6-13(10-15(12)17)19-16(22)18-7-9-20-8-3-2-4-14(20)11-21/h5-6,10,14,21H,2-4,7-9,11H2,1H3,(H2,18,19,22). The summed E-state index contributed by atoms with van der Waals surface area (Å²) in [6.45, 7) is 4.00. The van der Waals surface area contributed by atoms with Crippen LogP contribution in [0.2, 0.25) is 0 Å². The number of carbonyl (C=O) groups is 1. The number of aryl methyl sites for hydroxylation is 1. The van der Waals surface area contributed by atoms with Crippen molar-refractivity contribution < 1.29 is 14.3 Å². The highest BCUT2D eigenvalue weighted by Crippen LogP contribution is 2.16. The van der Waals surface area contributed by atoms with Crippen LogP contribution in [0.4, 0.5) is 14.9 Å². The van der Waals surface area contributed by atoms with Crippen LogP contribution in [0.1, 0.15) is 24.8 Å². The molecule has 1 atom stereocenters. The smallest absolute Gasteiger partial charge is 0.319 e. The summed E-state index contributed by atoms with van der Waals surface area (Å²) in [4.78, 5) is 14.0. The maximum absolute atomic E-state index is 13.4. The van der Waals surface area contributed by atoms with Crippen LogP contribution in [0.3, 0.4) is 0 Å². The van der Waals surface area contributed by atoms with E-state index in [9.17, 15) is 14.3 Å². The first kappa shape index (κ1) is 16.7. The van der Waals surface area contributed by atoms with Crippen LogP contribution < -0.4 is 10.6 Å². The molecule has 5 nitrogen and oxygen atoms in total. The monoisotopic (exact) mass is 309 g/mol. The number of benzene rings is 1. The maximum atomic E-state index is 13.4. The Labute approximate surface area is 130 Å². The lowest BCUT2D eigenvalue weighted by Crippen LogP contribution is -2.46. The average molecular weight is 309 g/mol. The van der Waals surface area contributed by atoms with Crippen molar-refractivity contribution in [2.45, 2.75) is 32.2 Å². The van der Waals surface area contributed by atoms with Gasteiger partial charge in [0.05, 0.1) is 6.61 Å². The number of rotatable bonds is 5. The lowest BCUT2D eigenvalue weighted by Gasteiger charge is -2.34. The summed E-state index contributed by atoms with van der Waals surface area (Å²) in [5, 5.41) is 14.7. The van der Waals surface area contributed by atoms with Gasteiger partial charge in [-0.1, -0.05) is 12.5 Å². The third kappa shape index (κ3) is 4.68. The molecule has 1 aromatic rings. The molecule has 0 bridgehead atoms. The van der Waals surface area contributed by atoms with Gasteiger partial charge in [-0.05, 0) is 44.0 Å². The van der Waals surface area contributed by atoms with Crippen LogP contribution >= 0.6 is 0 Å². The van der Waals surface area contributed by atoms with Crippen molar-refractivity contribution in [3.05, 3.63) is 29.6 Å². The van der Waals surface area contributed by atoms with Crippen LogP contribution in [0, 0.1) is 12.7 Å². The third-order valence-electron chi connectivity index (χ3n) is 4.07. The van der Waals surface area contributed by atoms with Gasteiger partial charge >= 0.3 is 6.03 Å². The molecule has 122 valence electrons. The summed E-state index contributed by atoms with van der Waals surface area (Å²) < 4.78 is 13.4. The molecule has 6 heteroatoms.